The fourth-order valence-electron chi connectivity index (χ4n) is 4.98. The van der Waals surface area contributed by atoms with Crippen molar-refractivity contribution in [1.29, 1.82) is 0 Å². The first-order valence-corrected chi connectivity index (χ1v) is 12.8. The highest BCUT2D eigenvalue weighted by Gasteiger charge is 2.31. The van der Waals surface area contributed by atoms with Gasteiger partial charge in [0.05, 0.1) is 22.7 Å². The Balaban J connectivity index is 1.34. The maximum Gasteiger partial charge on any atom is 0.253 e. The molecular weight excluding hydrogens is 496 g/mol. The Hall–Kier alpha value is -3.00. The number of carbonyl (C=O) groups is 1. The van der Waals surface area contributed by atoms with E-state index in [1.54, 1.807) is 49.6 Å². The second-order valence-corrected chi connectivity index (χ2v) is 9.89. The Kier molecular flexibility index (Phi) is 9.14. The van der Waals surface area contributed by atoms with Gasteiger partial charge in [-0.25, -0.2) is 8.78 Å². The molecular formula is C29H32ClF2N3O2. The van der Waals surface area contributed by atoms with E-state index in [9.17, 15) is 13.6 Å². The summed E-state index contributed by atoms with van der Waals surface area (Å²) in [6.07, 6.45) is 2.32. The van der Waals surface area contributed by atoms with Crippen LogP contribution in [0.15, 0.2) is 66.7 Å². The van der Waals surface area contributed by atoms with Gasteiger partial charge in [-0.2, -0.15) is 0 Å². The number of hydrogen-bond acceptors (Lipinski definition) is 4. The van der Waals surface area contributed by atoms with Crippen molar-refractivity contribution in [1.82, 2.24) is 10.2 Å². The minimum absolute atomic E-state index is 0.0425. The molecule has 8 heteroatoms. The zero-order valence-corrected chi connectivity index (χ0v) is 21.6. The van der Waals surface area contributed by atoms with Gasteiger partial charge in [0.25, 0.3) is 5.91 Å². The van der Waals surface area contributed by atoms with Gasteiger partial charge in [0.1, 0.15) is 11.6 Å². The highest BCUT2D eigenvalue weighted by atomic mass is 35.5. The third-order valence-corrected chi connectivity index (χ3v) is 7.32. The van der Waals surface area contributed by atoms with Crippen molar-refractivity contribution in [3.63, 3.8) is 0 Å². The molecule has 37 heavy (non-hydrogen) atoms. The van der Waals surface area contributed by atoms with E-state index in [1.807, 2.05) is 0 Å². The van der Waals surface area contributed by atoms with Gasteiger partial charge < -0.3 is 20.7 Å². The van der Waals surface area contributed by atoms with E-state index in [1.165, 1.54) is 24.3 Å². The van der Waals surface area contributed by atoms with Crippen LogP contribution in [0.1, 0.15) is 46.7 Å². The van der Waals surface area contributed by atoms with Crippen LogP contribution >= 0.6 is 11.6 Å². The smallest absolute Gasteiger partial charge is 0.253 e. The fraction of sp³-hybridized carbons (Fsp3) is 0.345. The second-order valence-electron chi connectivity index (χ2n) is 9.48. The molecule has 1 aliphatic rings. The van der Waals surface area contributed by atoms with E-state index >= 15 is 0 Å². The Labute approximate surface area is 221 Å². The number of nitrogens with zero attached hydrogens (tertiary/aromatic N) is 1. The number of anilines is 1. The van der Waals surface area contributed by atoms with Gasteiger partial charge in [-0.1, -0.05) is 35.9 Å². The van der Waals surface area contributed by atoms with E-state index in [-0.39, 0.29) is 35.6 Å². The first-order valence-electron chi connectivity index (χ1n) is 12.5. The maximum atomic E-state index is 13.5. The van der Waals surface area contributed by atoms with Crippen molar-refractivity contribution in [3.8, 4) is 0 Å². The largest absolute Gasteiger partial charge is 0.399 e. The fourth-order valence-corrected chi connectivity index (χ4v) is 5.26. The van der Waals surface area contributed by atoms with Crippen LogP contribution in [0.25, 0.3) is 0 Å². The third-order valence-electron chi connectivity index (χ3n) is 7.01. The number of nitrogens with two attached hydrogens (primary N) is 1. The summed E-state index contributed by atoms with van der Waals surface area (Å²) in [6.45, 7) is 2.36. The highest BCUT2D eigenvalue weighted by molar-refractivity contribution is 6.34. The predicted molar refractivity (Wildman–Crippen MR) is 143 cm³/mol. The van der Waals surface area contributed by atoms with Crippen LogP contribution < -0.4 is 11.1 Å². The minimum Gasteiger partial charge on any atom is -0.399 e. The lowest BCUT2D eigenvalue weighted by atomic mass is 9.87. The van der Waals surface area contributed by atoms with Crippen LogP contribution in [0.2, 0.25) is 5.02 Å². The van der Waals surface area contributed by atoms with Crippen molar-refractivity contribution < 1.29 is 18.3 Å². The molecule has 0 aliphatic carbocycles. The Morgan fingerprint density at radius 2 is 1.70 bits per heavy atom. The summed E-state index contributed by atoms with van der Waals surface area (Å²) in [7, 11) is 1.66. The standard InChI is InChI=1S/C29H32ClF2N3O2/c1-37-28-18-35(16-14-27(28)34-29(36)25-13-12-23(33)17-26(25)30)15-2-3-24(19-4-8-21(31)9-5-19)20-6-10-22(32)11-7-20/h4-13,17,24,27-28H,2-3,14-16,18,33H2,1H3,(H,34,36)/t27-,28+/m1/s1. The van der Waals surface area contributed by atoms with Gasteiger partial charge in [0, 0.05) is 31.8 Å². The molecule has 3 aromatic carbocycles. The van der Waals surface area contributed by atoms with Gasteiger partial charge in [-0.05, 0) is 79.4 Å². The molecule has 1 saturated heterocycles. The van der Waals surface area contributed by atoms with E-state index < -0.39 is 0 Å². The molecule has 0 aromatic heterocycles. The average molecular weight is 528 g/mol. The van der Waals surface area contributed by atoms with Gasteiger partial charge in [-0.3, -0.25) is 4.79 Å². The van der Waals surface area contributed by atoms with Gasteiger partial charge >= 0.3 is 0 Å². The lowest BCUT2D eigenvalue weighted by Gasteiger charge is -2.38. The zero-order valence-electron chi connectivity index (χ0n) is 20.8. The van der Waals surface area contributed by atoms with Crippen LogP contribution in [0.5, 0.6) is 0 Å². The second kappa shape index (κ2) is 12.5. The van der Waals surface area contributed by atoms with Gasteiger partial charge in [-0.15, -0.1) is 0 Å². The van der Waals surface area contributed by atoms with Gasteiger partial charge in [0.2, 0.25) is 0 Å². The Morgan fingerprint density at radius 3 is 2.27 bits per heavy atom. The average Bonchev–Trinajstić information content (AvgIpc) is 2.88. The number of methoxy groups -OCH3 is 1. The van der Waals surface area contributed by atoms with Crippen LogP contribution in [-0.4, -0.2) is 49.7 Å². The van der Waals surface area contributed by atoms with Crippen LogP contribution in [0, 0.1) is 11.6 Å². The maximum absolute atomic E-state index is 13.5. The highest BCUT2D eigenvalue weighted by Crippen LogP contribution is 2.30. The predicted octanol–water partition coefficient (Wildman–Crippen LogP) is 5.63. The molecule has 1 aliphatic heterocycles. The molecule has 0 saturated carbocycles. The van der Waals surface area contributed by atoms with Crippen molar-refractivity contribution in [3.05, 3.63) is 100 Å². The number of likely N-dealkylation sites (tertiary alicyclic amines) is 1. The molecule has 0 bridgehead atoms. The quantitative estimate of drug-likeness (QED) is 0.354. The molecule has 3 aromatic rings. The van der Waals surface area contributed by atoms with Crippen LogP contribution in [0.3, 0.4) is 0 Å². The van der Waals surface area contributed by atoms with Gasteiger partial charge in [0.15, 0.2) is 0 Å². The molecule has 1 amide bonds. The van der Waals surface area contributed by atoms with E-state index in [2.05, 4.69) is 10.2 Å². The first kappa shape index (κ1) is 27.0. The molecule has 0 spiro atoms. The van der Waals surface area contributed by atoms with Crippen molar-refractivity contribution >= 4 is 23.2 Å². The number of ether oxygens (including phenoxy) is 1. The lowest BCUT2D eigenvalue weighted by molar-refractivity contribution is 0.00597. The molecule has 0 unspecified atom stereocenters. The SMILES string of the molecule is CO[C@H]1CN(CCCC(c2ccc(F)cc2)c2ccc(F)cc2)CC[C@H]1NC(=O)c1ccc(N)cc1Cl. The number of halogens is 3. The van der Waals surface area contributed by atoms with E-state index in [4.69, 9.17) is 22.1 Å². The number of nitrogen functional groups attached to an aromatic ring is 1. The van der Waals surface area contributed by atoms with E-state index in [0.29, 0.717) is 22.8 Å². The summed E-state index contributed by atoms with van der Waals surface area (Å²) in [6, 6.07) is 17.8. The zero-order chi connectivity index (χ0) is 26.4. The van der Waals surface area contributed by atoms with Crippen molar-refractivity contribution in [2.24, 2.45) is 0 Å². The summed E-state index contributed by atoms with van der Waals surface area (Å²) in [5.74, 6) is -0.755. The Bertz CT molecular complexity index is 1150. The number of nitrogens with one attached hydrogen (secondary N) is 1. The van der Waals surface area contributed by atoms with Crippen LogP contribution in [0.4, 0.5) is 14.5 Å². The molecule has 0 radical (unpaired) electrons. The molecule has 5 nitrogen and oxygen atoms in total. The minimum atomic E-state index is -0.277. The number of piperidine rings is 1. The summed E-state index contributed by atoms with van der Waals surface area (Å²) in [5, 5.41) is 3.39. The molecule has 4 rings (SSSR count). The lowest BCUT2D eigenvalue weighted by Crippen LogP contribution is -2.54. The number of hydrogen-bond donors (Lipinski definition) is 2. The number of amides is 1. The molecule has 3 N–H and O–H groups in total. The number of benzene rings is 3. The summed E-state index contributed by atoms with van der Waals surface area (Å²) in [4.78, 5) is 15.1. The summed E-state index contributed by atoms with van der Waals surface area (Å²) >= 11 is 6.20. The summed E-state index contributed by atoms with van der Waals surface area (Å²) in [5.41, 5.74) is 8.64. The molecule has 1 heterocycles. The Morgan fingerprint density at radius 1 is 1.08 bits per heavy atom. The van der Waals surface area contributed by atoms with Crippen molar-refractivity contribution in [2.75, 3.05) is 32.5 Å². The first-order chi connectivity index (χ1) is 17.8. The normalized spacial score (nSPS) is 18.2. The number of rotatable bonds is 9. The monoisotopic (exact) mass is 527 g/mol. The van der Waals surface area contributed by atoms with Crippen molar-refractivity contribution in [2.45, 2.75) is 37.3 Å². The summed E-state index contributed by atoms with van der Waals surface area (Å²) < 4.78 is 32.7. The van der Waals surface area contributed by atoms with Crippen LogP contribution in [-0.2, 0) is 4.74 Å². The topological polar surface area (TPSA) is 67.6 Å². The number of carbonyl (C=O) groups excluding carboxylic acids is 1. The molecule has 2 atom stereocenters. The molecule has 1 fully saturated rings. The molecule has 196 valence electrons. The third kappa shape index (κ3) is 7.06. The van der Waals surface area contributed by atoms with E-state index in [0.717, 1.165) is 43.5 Å².